The summed E-state index contributed by atoms with van der Waals surface area (Å²) in [7, 11) is 0. The Hall–Kier alpha value is -0.840. The van der Waals surface area contributed by atoms with Crippen molar-refractivity contribution >= 4 is 27.3 Å². The van der Waals surface area contributed by atoms with E-state index in [0.717, 1.165) is 22.4 Å². The lowest BCUT2D eigenvalue weighted by molar-refractivity contribution is 0.309. The second kappa shape index (κ2) is 5.03. The second-order valence-corrected chi connectivity index (χ2v) is 7.05. The smallest absolute Gasteiger partial charge is 0.122 e. The second-order valence-electron chi connectivity index (χ2n) is 4.50. The van der Waals surface area contributed by atoms with Crippen molar-refractivity contribution in [1.82, 2.24) is 0 Å². The first-order chi connectivity index (χ1) is 8.72. The summed E-state index contributed by atoms with van der Waals surface area (Å²) in [6.07, 6.45) is 2.12. The van der Waals surface area contributed by atoms with Crippen LogP contribution in [0.15, 0.2) is 34.1 Å². The van der Waals surface area contributed by atoms with Crippen LogP contribution in [0, 0.1) is 0 Å². The topological polar surface area (TPSA) is 35.2 Å². The first kappa shape index (κ1) is 12.2. The van der Waals surface area contributed by atoms with Crippen LogP contribution in [-0.4, -0.2) is 0 Å². The fraction of sp³-hybridized carbons (Fsp3) is 0.286. The Bertz CT molecular complexity index is 567. The van der Waals surface area contributed by atoms with Crippen LogP contribution in [0.4, 0.5) is 0 Å². The van der Waals surface area contributed by atoms with Crippen LogP contribution in [0.1, 0.15) is 28.5 Å². The molecule has 0 fully saturated rings. The van der Waals surface area contributed by atoms with Gasteiger partial charge in [0.05, 0.1) is 3.79 Å². The van der Waals surface area contributed by atoms with Crippen molar-refractivity contribution in [3.8, 4) is 5.75 Å². The van der Waals surface area contributed by atoms with Gasteiger partial charge in [-0.15, -0.1) is 11.3 Å². The fourth-order valence-corrected chi connectivity index (χ4v) is 3.70. The van der Waals surface area contributed by atoms with Crippen LogP contribution in [-0.2, 0) is 13.0 Å². The Morgan fingerprint density at radius 2 is 2.22 bits per heavy atom. The molecular formula is C14H14BrNOS. The zero-order valence-corrected chi connectivity index (χ0v) is 12.3. The van der Waals surface area contributed by atoms with Gasteiger partial charge in [-0.3, -0.25) is 0 Å². The Kier molecular flexibility index (Phi) is 3.41. The minimum atomic E-state index is 0.210. The lowest BCUT2D eigenvalue weighted by Gasteiger charge is -2.08. The molecule has 2 aromatic rings. The lowest BCUT2D eigenvalue weighted by Crippen LogP contribution is -2.04. The standard InChI is InChI=1S/C14H14BrNOS/c15-14-6-3-11(18-14)8-17-10-2-4-12-9(7-10)1-5-13(12)16/h2-4,6-7,13H,1,5,8,16H2/t13-/m0/s1. The summed E-state index contributed by atoms with van der Waals surface area (Å²) >= 11 is 5.16. The number of nitrogens with two attached hydrogens (primary N) is 1. The Labute approximate surface area is 119 Å². The van der Waals surface area contributed by atoms with Crippen LogP contribution in [0.5, 0.6) is 5.75 Å². The molecule has 0 spiro atoms. The largest absolute Gasteiger partial charge is 0.488 e. The van der Waals surface area contributed by atoms with Crippen molar-refractivity contribution in [2.75, 3.05) is 0 Å². The van der Waals surface area contributed by atoms with Crippen molar-refractivity contribution in [1.29, 1.82) is 0 Å². The van der Waals surface area contributed by atoms with E-state index in [1.165, 1.54) is 16.0 Å². The molecule has 2 N–H and O–H groups in total. The molecule has 0 saturated carbocycles. The molecule has 1 aliphatic rings. The highest BCUT2D eigenvalue weighted by Crippen LogP contribution is 2.32. The van der Waals surface area contributed by atoms with Gasteiger partial charge in [-0.05, 0) is 64.2 Å². The van der Waals surface area contributed by atoms with E-state index in [2.05, 4.69) is 34.1 Å². The molecule has 2 nitrogen and oxygen atoms in total. The average Bonchev–Trinajstić information content (AvgIpc) is 2.94. The van der Waals surface area contributed by atoms with Gasteiger partial charge in [-0.25, -0.2) is 0 Å². The number of rotatable bonds is 3. The number of thiophene rings is 1. The molecule has 1 aromatic heterocycles. The highest BCUT2D eigenvalue weighted by Gasteiger charge is 2.19. The number of aryl methyl sites for hydroxylation is 1. The molecule has 1 aromatic carbocycles. The van der Waals surface area contributed by atoms with Gasteiger partial charge in [-0.1, -0.05) is 6.07 Å². The predicted octanol–water partition coefficient (Wildman–Crippen LogP) is 4.04. The Morgan fingerprint density at radius 3 is 3.00 bits per heavy atom. The van der Waals surface area contributed by atoms with Crippen LogP contribution in [0.3, 0.4) is 0 Å². The van der Waals surface area contributed by atoms with E-state index < -0.39 is 0 Å². The third-order valence-corrected chi connectivity index (χ3v) is 4.85. The molecule has 1 atom stereocenters. The maximum absolute atomic E-state index is 6.02. The van der Waals surface area contributed by atoms with Crippen molar-refractivity contribution in [3.05, 3.63) is 50.1 Å². The van der Waals surface area contributed by atoms with Gasteiger partial charge in [0.15, 0.2) is 0 Å². The molecule has 18 heavy (non-hydrogen) atoms. The minimum Gasteiger partial charge on any atom is -0.488 e. The van der Waals surface area contributed by atoms with E-state index >= 15 is 0 Å². The first-order valence-corrected chi connectivity index (χ1v) is 7.59. The van der Waals surface area contributed by atoms with Crippen LogP contribution in [0.25, 0.3) is 0 Å². The normalized spacial score (nSPS) is 17.8. The van der Waals surface area contributed by atoms with Crippen molar-refractivity contribution in [3.63, 3.8) is 0 Å². The fourth-order valence-electron chi connectivity index (χ4n) is 2.30. The number of hydrogen-bond donors (Lipinski definition) is 1. The maximum atomic E-state index is 6.02. The van der Waals surface area contributed by atoms with Crippen LogP contribution < -0.4 is 10.5 Å². The van der Waals surface area contributed by atoms with E-state index in [4.69, 9.17) is 10.5 Å². The zero-order valence-electron chi connectivity index (χ0n) is 9.86. The zero-order chi connectivity index (χ0) is 12.5. The van der Waals surface area contributed by atoms with Crippen molar-refractivity contribution in [2.24, 2.45) is 5.73 Å². The number of benzene rings is 1. The van der Waals surface area contributed by atoms with Crippen molar-refractivity contribution in [2.45, 2.75) is 25.5 Å². The molecule has 1 aliphatic carbocycles. The number of ether oxygens (including phenoxy) is 1. The number of fused-ring (bicyclic) bond motifs is 1. The molecule has 0 radical (unpaired) electrons. The predicted molar refractivity (Wildman–Crippen MR) is 78.0 cm³/mol. The monoisotopic (exact) mass is 323 g/mol. The summed E-state index contributed by atoms with van der Waals surface area (Å²) in [5.41, 5.74) is 8.64. The molecule has 0 unspecified atom stereocenters. The Balaban J connectivity index is 1.70. The molecular weight excluding hydrogens is 310 g/mol. The van der Waals surface area contributed by atoms with Crippen molar-refractivity contribution < 1.29 is 4.74 Å². The highest BCUT2D eigenvalue weighted by molar-refractivity contribution is 9.11. The SMILES string of the molecule is N[C@H]1CCc2cc(OCc3ccc(Br)s3)ccc21. The maximum Gasteiger partial charge on any atom is 0.122 e. The van der Waals surface area contributed by atoms with Gasteiger partial charge in [0.25, 0.3) is 0 Å². The van der Waals surface area contributed by atoms with E-state index in [9.17, 15) is 0 Å². The quantitative estimate of drug-likeness (QED) is 0.925. The average molecular weight is 324 g/mol. The first-order valence-electron chi connectivity index (χ1n) is 5.98. The summed E-state index contributed by atoms with van der Waals surface area (Å²) < 4.78 is 6.95. The molecule has 3 rings (SSSR count). The number of hydrogen-bond acceptors (Lipinski definition) is 3. The van der Waals surface area contributed by atoms with Gasteiger partial charge in [0.1, 0.15) is 12.4 Å². The van der Waals surface area contributed by atoms with Crippen LogP contribution in [0.2, 0.25) is 0 Å². The summed E-state index contributed by atoms with van der Waals surface area (Å²) in [4.78, 5) is 1.22. The van der Waals surface area contributed by atoms with E-state index in [1.54, 1.807) is 11.3 Å². The van der Waals surface area contributed by atoms with Gasteiger partial charge in [0.2, 0.25) is 0 Å². The Morgan fingerprint density at radius 1 is 1.33 bits per heavy atom. The molecule has 94 valence electrons. The summed E-state index contributed by atoms with van der Waals surface area (Å²) in [5, 5.41) is 0. The summed E-state index contributed by atoms with van der Waals surface area (Å²) in [6.45, 7) is 0.626. The van der Waals surface area contributed by atoms with E-state index in [1.807, 2.05) is 12.1 Å². The highest BCUT2D eigenvalue weighted by atomic mass is 79.9. The van der Waals surface area contributed by atoms with Gasteiger partial charge < -0.3 is 10.5 Å². The molecule has 1 heterocycles. The lowest BCUT2D eigenvalue weighted by atomic mass is 10.1. The molecule has 4 heteroatoms. The van der Waals surface area contributed by atoms with Gasteiger partial charge in [-0.2, -0.15) is 0 Å². The molecule has 0 amide bonds. The minimum absolute atomic E-state index is 0.210. The van der Waals surface area contributed by atoms with E-state index in [0.29, 0.717) is 6.61 Å². The summed E-state index contributed by atoms with van der Waals surface area (Å²) in [5.74, 6) is 0.937. The van der Waals surface area contributed by atoms with Crippen LogP contribution >= 0.6 is 27.3 Å². The third-order valence-electron chi connectivity index (χ3n) is 3.25. The number of halogens is 1. The van der Waals surface area contributed by atoms with Gasteiger partial charge in [0, 0.05) is 10.9 Å². The third kappa shape index (κ3) is 2.46. The molecule has 0 saturated heterocycles. The molecule has 0 bridgehead atoms. The molecule has 0 aliphatic heterocycles. The van der Waals surface area contributed by atoms with Gasteiger partial charge >= 0.3 is 0 Å². The van der Waals surface area contributed by atoms with E-state index in [-0.39, 0.29) is 6.04 Å². The summed E-state index contributed by atoms with van der Waals surface area (Å²) in [6, 6.07) is 10.6.